The van der Waals surface area contributed by atoms with E-state index in [0.717, 1.165) is 33.6 Å². The van der Waals surface area contributed by atoms with Gasteiger partial charge in [0.15, 0.2) is 0 Å². The van der Waals surface area contributed by atoms with Crippen LogP contribution in [0, 0.1) is 5.82 Å². The second-order valence-electron chi connectivity index (χ2n) is 7.45. The van der Waals surface area contributed by atoms with E-state index in [1.165, 1.54) is 12.1 Å². The monoisotopic (exact) mass is 458 g/mol. The number of hydrogen-bond donors (Lipinski definition) is 0. The molecule has 0 unspecified atom stereocenters. The average Bonchev–Trinajstić information content (AvgIpc) is 3.16. The molecule has 0 saturated carbocycles. The minimum Gasteiger partial charge on any atom is -0.292 e. The highest BCUT2D eigenvalue weighted by Gasteiger charge is 2.33. The zero-order valence-corrected chi connectivity index (χ0v) is 18.3. The Kier molecular flexibility index (Phi) is 5.29. The van der Waals surface area contributed by atoms with E-state index in [-0.39, 0.29) is 18.3 Å². The van der Waals surface area contributed by atoms with Crippen LogP contribution in [0.1, 0.15) is 21.6 Å². The first kappa shape index (κ1) is 20.5. The van der Waals surface area contributed by atoms with Gasteiger partial charge in [0.05, 0.1) is 17.9 Å². The largest absolute Gasteiger partial charge is 0.292 e. The average molecular weight is 459 g/mol. The van der Waals surface area contributed by atoms with E-state index < -0.39 is 0 Å². The van der Waals surface area contributed by atoms with E-state index in [1.807, 2.05) is 36.4 Å². The summed E-state index contributed by atoms with van der Waals surface area (Å²) in [4.78, 5) is 20.0. The first-order chi connectivity index (χ1) is 15.5. The normalized spacial score (nSPS) is 12.7. The van der Waals surface area contributed by atoms with Gasteiger partial charge < -0.3 is 0 Å². The number of carbonyl (C=O) groups is 1. The Morgan fingerprint density at radius 2 is 1.62 bits per heavy atom. The van der Waals surface area contributed by atoms with Crippen molar-refractivity contribution in [2.75, 3.05) is 0 Å². The minimum atomic E-state index is -0.315. The highest BCUT2D eigenvalue weighted by Crippen LogP contribution is 2.36. The Morgan fingerprint density at radius 1 is 0.938 bits per heavy atom. The predicted molar refractivity (Wildman–Crippen MR) is 128 cm³/mol. The summed E-state index contributed by atoms with van der Waals surface area (Å²) in [5.41, 5.74) is 5.30. The van der Waals surface area contributed by atoms with Crippen LogP contribution in [0.5, 0.6) is 0 Å². The summed E-state index contributed by atoms with van der Waals surface area (Å²) < 4.78 is 13.6. The van der Waals surface area contributed by atoms with E-state index >= 15 is 0 Å². The lowest BCUT2D eigenvalue weighted by Crippen LogP contribution is -2.30. The quantitative estimate of drug-likeness (QED) is 0.327. The molecule has 0 radical (unpaired) electrons. The van der Waals surface area contributed by atoms with Crippen molar-refractivity contribution in [2.45, 2.75) is 6.54 Å². The van der Waals surface area contributed by atoms with Crippen molar-refractivity contribution in [1.29, 1.82) is 0 Å². The molecule has 3 nitrogen and oxygen atoms in total. The smallest absolute Gasteiger partial charge is 0.259 e. The lowest BCUT2D eigenvalue weighted by atomic mass is 9.97. The van der Waals surface area contributed by atoms with Crippen molar-refractivity contribution in [3.63, 3.8) is 0 Å². The summed E-state index contributed by atoms with van der Waals surface area (Å²) in [6.07, 6.45) is 0. The molecule has 1 amide bonds. The molecule has 3 aromatic carbocycles. The maximum Gasteiger partial charge on any atom is 0.259 e. The van der Waals surface area contributed by atoms with E-state index in [9.17, 15) is 9.18 Å². The molecule has 2 heterocycles. The zero-order chi connectivity index (χ0) is 22.2. The number of rotatable bonds is 3. The molecule has 32 heavy (non-hydrogen) atoms. The molecule has 0 aliphatic carbocycles. The van der Waals surface area contributed by atoms with Gasteiger partial charge in [0, 0.05) is 21.7 Å². The Balaban J connectivity index is 1.63. The summed E-state index contributed by atoms with van der Waals surface area (Å²) in [7, 11) is 0. The number of amides is 1. The van der Waals surface area contributed by atoms with Gasteiger partial charge in [-0.2, -0.15) is 0 Å². The number of halogens is 2. The van der Waals surface area contributed by atoms with Crippen LogP contribution in [0.25, 0.3) is 22.4 Å². The van der Waals surface area contributed by atoms with Gasteiger partial charge in [-0.05, 0) is 53.6 Å². The van der Waals surface area contributed by atoms with Gasteiger partial charge in [0.1, 0.15) is 10.8 Å². The number of fused-ring (bicyclic) bond motifs is 1. The number of aromatic nitrogens is 1. The Morgan fingerprint density at radius 3 is 2.31 bits per heavy atom. The van der Waals surface area contributed by atoms with Gasteiger partial charge in [-0.1, -0.05) is 66.3 Å². The molecular formula is C26H16ClFN2OS. The van der Waals surface area contributed by atoms with Gasteiger partial charge in [-0.25, -0.2) is 4.39 Å². The molecule has 5 rings (SSSR count). The van der Waals surface area contributed by atoms with Gasteiger partial charge >= 0.3 is 0 Å². The fourth-order valence-electron chi connectivity index (χ4n) is 3.83. The van der Waals surface area contributed by atoms with Crippen LogP contribution in [0.2, 0.25) is 5.02 Å². The number of nitrogens with zero attached hydrogens (tertiary/aromatic N) is 2. The topological polar surface area (TPSA) is 33.2 Å². The highest BCUT2D eigenvalue weighted by atomic mass is 35.5. The van der Waals surface area contributed by atoms with Crippen LogP contribution in [0.3, 0.4) is 0 Å². The van der Waals surface area contributed by atoms with Crippen LogP contribution in [0.15, 0.2) is 84.9 Å². The minimum absolute atomic E-state index is 0.212. The van der Waals surface area contributed by atoms with Crippen LogP contribution in [0.4, 0.5) is 4.39 Å². The van der Waals surface area contributed by atoms with E-state index in [2.05, 4.69) is 0 Å². The van der Waals surface area contributed by atoms with Crippen molar-refractivity contribution in [3.8, 4) is 22.4 Å². The molecule has 0 bridgehead atoms. The molecule has 0 fully saturated rings. The summed E-state index contributed by atoms with van der Waals surface area (Å²) in [6, 6.07) is 24.7. The number of benzene rings is 3. The van der Waals surface area contributed by atoms with Crippen molar-refractivity contribution in [2.24, 2.45) is 0 Å². The van der Waals surface area contributed by atoms with E-state index in [4.69, 9.17) is 28.8 Å². The first-order valence-electron chi connectivity index (χ1n) is 9.98. The fourth-order valence-corrected chi connectivity index (χ4v) is 4.33. The SMILES string of the molecule is O=C(c1ccc(Cl)cc1)N1Cc2nc(-c3ccccc3)cc(-c3ccc(F)cc3)c2C1=S. The highest BCUT2D eigenvalue weighted by molar-refractivity contribution is 7.80. The number of carbonyl (C=O) groups excluding carboxylic acids is 1. The first-order valence-corrected chi connectivity index (χ1v) is 10.8. The van der Waals surface area contributed by atoms with Gasteiger partial charge in [0.2, 0.25) is 0 Å². The maximum atomic E-state index is 13.6. The molecule has 0 saturated heterocycles. The molecule has 1 aliphatic rings. The third-order valence-corrected chi connectivity index (χ3v) is 6.10. The standard InChI is InChI=1S/C26H16ClFN2OS/c27-19-10-6-18(7-11-19)25(31)30-15-23-24(26(30)32)21(16-8-12-20(28)13-9-16)14-22(29-23)17-4-2-1-3-5-17/h1-14H,15H2. The zero-order valence-electron chi connectivity index (χ0n) is 16.8. The lowest BCUT2D eigenvalue weighted by molar-refractivity contribution is 0.0848. The second kappa shape index (κ2) is 8.26. The molecule has 0 atom stereocenters. The van der Waals surface area contributed by atoms with Crippen molar-refractivity contribution in [1.82, 2.24) is 9.88 Å². The lowest BCUT2D eigenvalue weighted by Gasteiger charge is -2.16. The summed E-state index contributed by atoms with van der Waals surface area (Å²) in [6.45, 7) is 0.268. The Labute approximate surface area is 195 Å². The van der Waals surface area contributed by atoms with Crippen molar-refractivity contribution < 1.29 is 9.18 Å². The molecule has 156 valence electrons. The number of hydrogen-bond acceptors (Lipinski definition) is 3. The summed E-state index contributed by atoms with van der Waals surface area (Å²) in [5.74, 6) is -0.527. The van der Waals surface area contributed by atoms with Gasteiger partial charge in [0.25, 0.3) is 5.91 Å². The molecular weight excluding hydrogens is 443 g/mol. The number of thiocarbonyl (C=S) groups is 1. The Bertz CT molecular complexity index is 1340. The predicted octanol–water partition coefficient (Wildman–Crippen LogP) is 6.54. The van der Waals surface area contributed by atoms with Crippen LogP contribution < -0.4 is 0 Å². The molecule has 0 spiro atoms. The van der Waals surface area contributed by atoms with Crippen molar-refractivity contribution >= 4 is 34.7 Å². The Hall–Kier alpha value is -3.41. The van der Waals surface area contributed by atoms with Crippen molar-refractivity contribution in [3.05, 3.63) is 113 Å². The maximum absolute atomic E-state index is 13.6. The van der Waals surface area contributed by atoms with E-state index in [0.29, 0.717) is 15.6 Å². The molecule has 4 aromatic rings. The van der Waals surface area contributed by atoms with Gasteiger partial charge in [-0.15, -0.1) is 0 Å². The number of pyridine rings is 1. The molecule has 1 aliphatic heterocycles. The van der Waals surface area contributed by atoms with Crippen LogP contribution in [-0.4, -0.2) is 20.8 Å². The van der Waals surface area contributed by atoms with Gasteiger partial charge in [-0.3, -0.25) is 14.7 Å². The third-order valence-electron chi connectivity index (χ3n) is 5.42. The van der Waals surface area contributed by atoms with E-state index in [1.54, 1.807) is 41.3 Å². The molecule has 6 heteroatoms. The van der Waals surface area contributed by atoms with Crippen LogP contribution in [-0.2, 0) is 6.54 Å². The molecule has 1 aromatic heterocycles. The summed E-state index contributed by atoms with van der Waals surface area (Å²) >= 11 is 11.7. The third kappa shape index (κ3) is 3.70. The summed E-state index contributed by atoms with van der Waals surface area (Å²) in [5, 5.41) is 0.557. The van der Waals surface area contributed by atoms with Crippen LogP contribution >= 0.6 is 23.8 Å². The fraction of sp³-hybridized carbons (Fsp3) is 0.0385. The molecule has 0 N–H and O–H groups in total. The second-order valence-corrected chi connectivity index (χ2v) is 8.28.